The number of carbonyl (C=O) groups excluding carboxylic acids is 2. The molecule has 0 aromatic heterocycles. The molecule has 0 N–H and O–H groups in total. The summed E-state index contributed by atoms with van der Waals surface area (Å²) in [6.45, 7) is 9.91. The molecule has 0 aliphatic carbocycles. The third kappa shape index (κ3) is 5.46. The smallest absolute Gasteiger partial charge is 0.337 e. The summed E-state index contributed by atoms with van der Waals surface area (Å²) in [6.07, 6.45) is 2.49. The highest BCUT2D eigenvalue weighted by Gasteiger charge is 2.07. The van der Waals surface area contributed by atoms with E-state index in [9.17, 15) is 9.59 Å². The van der Waals surface area contributed by atoms with Crippen molar-refractivity contribution in [1.29, 1.82) is 0 Å². The van der Waals surface area contributed by atoms with Gasteiger partial charge in [0.05, 0.1) is 5.57 Å². The predicted octanol–water partition coefficient (Wildman–Crippen LogP) is 1.74. The van der Waals surface area contributed by atoms with E-state index in [0.29, 0.717) is 0 Å². The first-order valence-corrected chi connectivity index (χ1v) is 4.30. The van der Waals surface area contributed by atoms with Crippen LogP contribution >= 0.6 is 0 Å². The van der Waals surface area contributed by atoms with E-state index in [2.05, 4.69) is 17.9 Å². The lowest BCUT2D eigenvalue weighted by atomic mass is 10.3. The van der Waals surface area contributed by atoms with Crippen LogP contribution in [-0.4, -0.2) is 18.5 Å². The quantitative estimate of drug-likeness (QED) is 0.300. The molecule has 82 valence electrons. The highest BCUT2D eigenvalue weighted by molar-refractivity contribution is 5.90. The lowest BCUT2D eigenvalue weighted by Gasteiger charge is -2.02. The van der Waals surface area contributed by atoms with Gasteiger partial charge in [-0.25, -0.2) is 9.59 Å². The second-order valence-corrected chi connectivity index (χ2v) is 2.87. The Labute approximate surface area is 88.9 Å². The van der Waals surface area contributed by atoms with Crippen LogP contribution in [0.15, 0.2) is 36.6 Å². The van der Waals surface area contributed by atoms with Crippen molar-refractivity contribution in [2.45, 2.75) is 13.8 Å². The fraction of sp³-hybridized carbons (Fsp3) is 0.273. The molecule has 0 spiro atoms. The molecular formula is C11H14O4. The SMILES string of the molecule is C=CCOC(=O)/C(C)=C/OC(=O)C(=C)C. The van der Waals surface area contributed by atoms with Gasteiger partial charge in [-0.1, -0.05) is 19.2 Å². The molecule has 0 aromatic rings. The van der Waals surface area contributed by atoms with Crippen molar-refractivity contribution in [3.8, 4) is 0 Å². The minimum Gasteiger partial charge on any atom is -0.458 e. The van der Waals surface area contributed by atoms with Crippen LogP contribution in [0.1, 0.15) is 13.8 Å². The minimum absolute atomic E-state index is 0.123. The van der Waals surface area contributed by atoms with Gasteiger partial charge < -0.3 is 9.47 Å². The number of esters is 2. The Kier molecular flexibility index (Phi) is 5.78. The summed E-state index contributed by atoms with van der Waals surface area (Å²) in [4.78, 5) is 22.1. The van der Waals surface area contributed by atoms with Crippen LogP contribution in [0.5, 0.6) is 0 Å². The molecule has 0 aromatic carbocycles. The minimum atomic E-state index is -0.578. The van der Waals surface area contributed by atoms with Crippen molar-refractivity contribution in [3.05, 3.63) is 36.6 Å². The summed E-state index contributed by atoms with van der Waals surface area (Å²) >= 11 is 0. The lowest BCUT2D eigenvalue weighted by molar-refractivity contribution is -0.138. The number of rotatable bonds is 5. The fourth-order valence-electron chi connectivity index (χ4n) is 0.539. The summed E-state index contributed by atoms with van der Waals surface area (Å²) in [5.74, 6) is -1.13. The zero-order chi connectivity index (χ0) is 11.8. The number of hydrogen-bond acceptors (Lipinski definition) is 4. The average Bonchev–Trinajstić information content (AvgIpc) is 2.21. The van der Waals surface area contributed by atoms with E-state index in [1.54, 1.807) is 0 Å². The first-order valence-electron chi connectivity index (χ1n) is 4.30. The van der Waals surface area contributed by atoms with Gasteiger partial charge in [0.2, 0.25) is 0 Å². The van der Waals surface area contributed by atoms with E-state index in [1.807, 2.05) is 0 Å². The zero-order valence-electron chi connectivity index (χ0n) is 8.91. The van der Waals surface area contributed by atoms with Crippen molar-refractivity contribution < 1.29 is 19.1 Å². The molecule has 0 aliphatic rings. The molecule has 0 radical (unpaired) electrons. The molecule has 4 heteroatoms. The average molecular weight is 210 g/mol. The Bertz CT molecular complexity index is 313. The Morgan fingerprint density at radius 2 is 1.87 bits per heavy atom. The molecule has 0 rings (SSSR count). The molecule has 0 atom stereocenters. The molecule has 0 unspecified atom stereocenters. The zero-order valence-corrected chi connectivity index (χ0v) is 8.91. The highest BCUT2D eigenvalue weighted by atomic mass is 16.5. The summed E-state index contributed by atoms with van der Waals surface area (Å²) in [6, 6.07) is 0. The first kappa shape index (κ1) is 13.2. The summed E-state index contributed by atoms with van der Waals surface area (Å²) < 4.78 is 9.35. The van der Waals surface area contributed by atoms with Gasteiger partial charge in [0, 0.05) is 5.57 Å². The second-order valence-electron chi connectivity index (χ2n) is 2.87. The maximum Gasteiger partial charge on any atom is 0.337 e. The maximum absolute atomic E-state index is 11.1. The Balaban J connectivity index is 4.19. The molecule has 0 bridgehead atoms. The molecular weight excluding hydrogens is 196 g/mol. The largest absolute Gasteiger partial charge is 0.458 e. The van der Waals surface area contributed by atoms with Crippen LogP contribution in [0, 0.1) is 0 Å². The summed E-state index contributed by atoms with van der Waals surface area (Å²) in [7, 11) is 0. The number of hydrogen-bond donors (Lipinski definition) is 0. The van der Waals surface area contributed by atoms with Gasteiger partial charge in [0.1, 0.15) is 12.9 Å². The van der Waals surface area contributed by atoms with Gasteiger partial charge in [-0.3, -0.25) is 0 Å². The van der Waals surface area contributed by atoms with Crippen LogP contribution in [0.4, 0.5) is 0 Å². The number of carbonyl (C=O) groups is 2. The molecule has 15 heavy (non-hydrogen) atoms. The van der Waals surface area contributed by atoms with E-state index in [1.165, 1.54) is 19.9 Å². The second kappa shape index (κ2) is 6.59. The van der Waals surface area contributed by atoms with Gasteiger partial charge in [0.25, 0.3) is 0 Å². The Morgan fingerprint density at radius 3 is 2.33 bits per heavy atom. The topological polar surface area (TPSA) is 52.6 Å². The van der Waals surface area contributed by atoms with E-state index >= 15 is 0 Å². The van der Waals surface area contributed by atoms with Crippen LogP contribution in [-0.2, 0) is 19.1 Å². The number of ether oxygens (including phenoxy) is 2. The van der Waals surface area contributed by atoms with Crippen molar-refractivity contribution in [2.24, 2.45) is 0 Å². The molecule has 0 fully saturated rings. The monoisotopic (exact) mass is 210 g/mol. The molecule has 0 amide bonds. The van der Waals surface area contributed by atoms with Gasteiger partial charge in [-0.2, -0.15) is 0 Å². The molecule has 0 aliphatic heterocycles. The van der Waals surface area contributed by atoms with E-state index in [0.717, 1.165) is 6.26 Å². The van der Waals surface area contributed by atoms with E-state index in [-0.39, 0.29) is 17.8 Å². The predicted molar refractivity (Wildman–Crippen MR) is 55.8 cm³/mol. The van der Waals surface area contributed by atoms with Crippen molar-refractivity contribution in [2.75, 3.05) is 6.61 Å². The molecule has 0 saturated heterocycles. The van der Waals surface area contributed by atoms with Crippen molar-refractivity contribution >= 4 is 11.9 Å². The van der Waals surface area contributed by atoms with Crippen LogP contribution in [0.2, 0.25) is 0 Å². The van der Waals surface area contributed by atoms with Gasteiger partial charge in [-0.05, 0) is 13.8 Å². The van der Waals surface area contributed by atoms with Crippen molar-refractivity contribution in [1.82, 2.24) is 0 Å². The van der Waals surface area contributed by atoms with Gasteiger partial charge in [0.15, 0.2) is 0 Å². The molecule has 4 nitrogen and oxygen atoms in total. The summed E-state index contributed by atoms with van der Waals surface area (Å²) in [5, 5.41) is 0. The van der Waals surface area contributed by atoms with Crippen molar-refractivity contribution in [3.63, 3.8) is 0 Å². The van der Waals surface area contributed by atoms with E-state index in [4.69, 9.17) is 4.74 Å². The third-order valence-electron chi connectivity index (χ3n) is 1.35. The standard InChI is InChI=1S/C11H14O4/c1-5-6-14-11(13)9(4)7-15-10(12)8(2)3/h5,7H,1-2,6H2,3-4H3/b9-7+. The third-order valence-corrected chi connectivity index (χ3v) is 1.35. The molecule has 0 heterocycles. The molecule has 0 saturated carbocycles. The Hall–Kier alpha value is -1.84. The summed E-state index contributed by atoms with van der Waals surface area (Å²) in [5.41, 5.74) is 0.463. The van der Waals surface area contributed by atoms with Crippen LogP contribution in [0.3, 0.4) is 0 Å². The Morgan fingerprint density at radius 1 is 1.27 bits per heavy atom. The first-order chi connectivity index (χ1) is 6.99. The fourth-order valence-corrected chi connectivity index (χ4v) is 0.539. The maximum atomic E-state index is 11.1. The van der Waals surface area contributed by atoms with Gasteiger partial charge in [-0.15, -0.1) is 0 Å². The van der Waals surface area contributed by atoms with Gasteiger partial charge >= 0.3 is 11.9 Å². The lowest BCUT2D eigenvalue weighted by Crippen LogP contribution is -2.07. The normalized spacial score (nSPS) is 10.4. The van der Waals surface area contributed by atoms with Crippen LogP contribution in [0.25, 0.3) is 0 Å². The van der Waals surface area contributed by atoms with Crippen LogP contribution < -0.4 is 0 Å². The highest BCUT2D eigenvalue weighted by Crippen LogP contribution is 2.00. The van der Waals surface area contributed by atoms with E-state index < -0.39 is 11.9 Å².